The highest BCUT2D eigenvalue weighted by Crippen LogP contribution is 2.41. The maximum atomic E-state index is 6.73. The Bertz CT molecular complexity index is 1000. The lowest BCUT2D eigenvalue weighted by molar-refractivity contribution is 0.00578. The molecular weight excluding hydrogens is 427 g/mol. The van der Waals surface area contributed by atoms with Crippen LogP contribution in [0.3, 0.4) is 0 Å². The number of rotatable bonds is 4. The lowest BCUT2D eigenvalue weighted by Gasteiger charge is -2.41. The average Bonchev–Trinajstić information content (AvgIpc) is 3.12. The zero-order chi connectivity index (χ0) is 24.4. The summed E-state index contributed by atoms with van der Waals surface area (Å²) in [6.45, 7) is 22.2. The Morgan fingerprint density at radius 2 is 1.61 bits per heavy atom. The third-order valence-corrected chi connectivity index (χ3v) is 13.2. The zero-order valence-electron chi connectivity index (χ0n) is 22.4. The van der Waals surface area contributed by atoms with Crippen molar-refractivity contribution in [1.82, 2.24) is 9.55 Å². The van der Waals surface area contributed by atoms with E-state index in [0.717, 1.165) is 42.5 Å². The molecule has 182 valence electrons. The van der Waals surface area contributed by atoms with Crippen molar-refractivity contribution in [2.45, 2.75) is 123 Å². The van der Waals surface area contributed by atoms with E-state index in [-0.39, 0.29) is 23.4 Å². The van der Waals surface area contributed by atoms with Crippen LogP contribution in [0.25, 0.3) is 11.0 Å². The molecule has 2 heterocycles. The Hall–Kier alpha value is -1.15. The van der Waals surface area contributed by atoms with Gasteiger partial charge in [0.2, 0.25) is 0 Å². The smallest absolute Gasteiger partial charge is 0.414 e. The Labute approximate surface area is 201 Å². The van der Waals surface area contributed by atoms with Crippen LogP contribution in [0.5, 0.6) is 0 Å². The van der Waals surface area contributed by atoms with Gasteiger partial charge in [-0.1, -0.05) is 26.8 Å². The van der Waals surface area contributed by atoms with Crippen molar-refractivity contribution in [3.63, 3.8) is 0 Å². The highest BCUT2D eigenvalue weighted by atomic mass is 28.4. The summed E-state index contributed by atoms with van der Waals surface area (Å²) in [6.07, 6.45) is 4.89. The van der Waals surface area contributed by atoms with Crippen LogP contribution in [0.15, 0.2) is 18.2 Å². The molecule has 1 aliphatic heterocycles. The molecule has 0 N–H and O–H groups in total. The Balaban J connectivity index is 1.53. The highest BCUT2D eigenvalue weighted by Gasteiger charge is 2.51. The molecule has 1 aromatic heterocycles. The summed E-state index contributed by atoms with van der Waals surface area (Å²) in [5, 5.41) is 0.255. The summed E-state index contributed by atoms with van der Waals surface area (Å²) >= 11 is 0. The summed E-state index contributed by atoms with van der Waals surface area (Å²) in [4.78, 5) is 4.88. The molecule has 1 saturated heterocycles. The maximum absolute atomic E-state index is 6.73. The van der Waals surface area contributed by atoms with E-state index in [2.05, 4.69) is 91.3 Å². The monoisotopic (exact) mass is 470 g/mol. The number of fused-ring (bicyclic) bond motifs is 1. The minimum atomic E-state index is -1.73. The average molecular weight is 471 g/mol. The molecule has 0 radical (unpaired) electrons. The van der Waals surface area contributed by atoms with Gasteiger partial charge in [0.1, 0.15) is 5.82 Å². The first kappa shape index (κ1) is 25.0. The van der Waals surface area contributed by atoms with Crippen LogP contribution in [0.1, 0.15) is 86.0 Å². The molecule has 2 fully saturated rings. The van der Waals surface area contributed by atoms with E-state index in [0.29, 0.717) is 12.1 Å². The van der Waals surface area contributed by atoms with Crippen molar-refractivity contribution in [1.29, 1.82) is 0 Å². The second-order valence-corrected chi connectivity index (χ2v) is 17.4. The first-order chi connectivity index (χ1) is 15.1. The number of hydrogen-bond acceptors (Lipinski definition) is 4. The molecule has 1 saturated carbocycles. The number of benzene rings is 1. The molecule has 0 spiro atoms. The predicted octanol–water partition coefficient (Wildman–Crippen LogP) is 6.15. The number of hydrogen-bond donors (Lipinski definition) is 0. The van der Waals surface area contributed by atoms with Crippen LogP contribution in [0, 0.1) is 6.92 Å². The van der Waals surface area contributed by atoms with Crippen LogP contribution >= 0.6 is 0 Å². The first-order valence-corrected chi connectivity index (χ1v) is 15.5. The molecule has 0 bridgehead atoms. The van der Waals surface area contributed by atoms with Gasteiger partial charge < -0.3 is 18.3 Å². The van der Waals surface area contributed by atoms with Crippen molar-refractivity contribution >= 4 is 31.9 Å². The van der Waals surface area contributed by atoms with Crippen LogP contribution in [-0.4, -0.2) is 42.3 Å². The van der Waals surface area contributed by atoms with E-state index < -0.39 is 8.32 Å². The van der Waals surface area contributed by atoms with Gasteiger partial charge in [-0.15, -0.1) is 0 Å². The number of aryl methyl sites for hydroxylation is 1. The fraction of sp³-hybridized carbons (Fsp3) is 0.731. The predicted molar refractivity (Wildman–Crippen MR) is 140 cm³/mol. The van der Waals surface area contributed by atoms with Crippen LogP contribution in [-0.2, 0) is 13.7 Å². The quantitative estimate of drug-likeness (QED) is 0.503. The van der Waals surface area contributed by atoms with E-state index in [4.69, 9.17) is 18.7 Å². The highest BCUT2D eigenvalue weighted by molar-refractivity contribution is 6.74. The van der Waals surface area contributed by atoms with Gasteiger partial charge in [0.15, 0.2) is 8.32 Å². The first-order valence-electron chi connectivity index (χ1n) is 12.6. The fourth-order valence-electron chi connectivity index (χ4n) is 4.83. The number of aromatic nitrogens is 2. The van der Waals surface area contributed by atoms with Crippen molar-refractivity contribution in [2.24, 2.45) is 0 Å². The molecule has 1 aliphatic carbocycles. The second kappa shape index (κ2) is 8.21. The summed E-state index contributed by atoms with van der Waals surface area (Å²) in [7, 11) is -2.08. The molecule has 0 unspecified atom stereocenters. The molecule has 0 atom stereocenters. The molecular formula is C26H43BN2O3Si. The van der Waals surface area contributed by atoms with E-state index in [1.165, 1.54) is 5.52 Å². The van der Waals surface area contributed by atoms with Gasteiger partial charge in [-0.05, 0) is 96.0 Å². The fourth-order valence-corrected chi connectivity index (χ4v) is 6.25. The van der Waals surface area contributed by atoms with Crippen molar-refractivity contribution in [3.05, 3.63) is 24.0 Å². The Morgan fingerprint density at radius 3 is 2.15 bits per heavy atom. The molecule has 2 aliphatic rings. The van der Waals surface area contributed by atoms with Crippen LogP contribution in [0.4, 0.5) is 0 Å². The minimum Gasteiger partial charge on any atom is -0.414 e. The van der Waals surface area contributed by atoms with Crippen LogP contribution < -0.4 is 5.46 Å². The minimum absolute atomic E-state index is 0.255. The van der Waals surface area contributed by atoms with Gasteiger partial charge in [0, 0.05) is 12.1 Å². The van der Waals surface area contributed by atoms with Crippen molar-refractivity contribution in [2.75, 3.05) is 0 Å². The normalized spacial score (nSPS) is 25.7. The van der Waals surface area contributed by atoms with Crippen molar-refractivity contribution < 1.29 is 13.7 Å². The Kier molecular flexibility index (Phi) is 6.21. The maximum Gasteiger partial charge on any atom is 0.494 e. The molecule has 2 aromatic rings. The largest absolute Gasteiger partial charge is 0.494 e. The van der Waals surface area contributed by atoms with Gasteiger partial charge in [-0.25, -0.2) is 4.98 Å². The summed E-state index contributed by atoms with van der Waals surface area (Å²) in [5.41, 5.74) is 2.62. The molecule has 0 amide bonds. The van der Waals surface area contributed by atoms with E-state index in [1.807, 2.05) is 0 Å². The summed E-state index contributed by atoms with van der Waals surface area (Å²) < 4.78 is 21.8. The van der Waals surface area contributed by atoms with Gasteiger partial charge in [-0.3, -0.25) is 0 Å². The second-order valence-electron chi connectivity index (χ2n) is 12.7. The van der Waals surface area contributed by atoms with E-state index in [9.17, 15) is 0 Å². The number of nitrogens with zero attached hydrogens (tertiary/aromatic N) is 2. The molecule has 5 nitrogen and oxygen atoms in total. The SMILES string of the molecule is Cc1nc2ccc(B3OC(C)(C)C(C)(C)O3)cc2n1C1CCC(O[Si](C)(C)C(C)(C)C)CC1. The van der Waals surface area contributed by atoms with Gasteiger partial charge in [0.05, 0.1) is 22.2 Å². The van der Waals surface area contributed by atoms with Gasteiger partial charge >= 0.3 is 7.12 Å². The third kappa shape index (κ3) is 4.58. The Morgan fingerprint density at radius 1 is 1.03 bits per heavy atom. The lowest BCUT2D eigenvalue weighted by atomic mass is 9.79. The van der Waals surface area contributed by atoms with Crippen molar-refractivity contribution in [3.8, 4) is 0 Å². The molecule has 4 rings (SSSR count). The third-order valence-electron chi connectivity index (χ3n) is 8.69. The van der Waals surface area contributed by atoms with E-state index in [1.54, 1.807) is 0 Å². The topological polar surface area (TPSA) is 45.5 Å². The summed E-state index contributed by atoms with van der Waals surface area (Å²) in [5.74, 6) is 1.09. The summed E-state index contributed by atoms with van der Waals surface area (Å²) in [6, 6.07) is 6.91. The lowest BCUT2D eigenvalue weighted by Crippen LogP contribution is -2.44. The standard InChI is InChI=1S/C26H43BN2O3Si/c1-18-28-22-16-11-19(27-31-25(5,6)26(7,8)32-27)17-23(22)29(18)20-12-14-21(15-13-20)30-33(9,10)24(2,3)4/h11,16-17,20-21H,12-15H2,1-10H3. The molecule has 33 heavy (non-hydrogen) atoms. The zero-order valence-corrected chi connectivity index (χ0v) is 23.4. The van der Waals surface area contributed by atoms with Gasteiger partial charge in [-0.2, -0.15) is 0 Å². The molecule has 7 heteroatoms. The van der Waals surface area contributed by atoms with Gasteiger partial charge in [0.25, 0.3) is 0 Å². The van der Waals surface area contributed by atoms with E-state index >= 15 is 0 Å². The number of imidazole rings is 1. The van der Waals surface area contributed by atoms with Crippen LogP contribution in [0.2, 0.25) is 18.1 Å². The molecule has 1 aromatic carbocycles.